The van der Waals surface area contributed by atoms with E-state index in [1.165, 1.54) is 4.90 Å². The Labute approximate surface area is 221 Å². The van der Waals surface area contributed by atoms with Crippen LogP contribution in [0.25, 0.3) is 0 Å². The van der Waals surface area contributed by atoms with Gasteiger partial charge in [0.2, 0.25) is 21.8 Å². The fourth-order valence-corrected chi connectivity index (χ4v) is 5.65. The van der Waals surface area contributed by atoms with Crippen molar-refractivity contribution >= 4 is 55.1 Å². The molecule has 0 aromatic heterocycles. The summed E-state index contributed by atoms with van der Waals surface area (Å²) < 4.78 is 27.4. The number of carbonyl (C=O) groups excluding carboxylic acids is 2. The lowest BCUT2D eigenvalue weighted by Gasteiger charge is -2.32. The fourth-order valence-electron chi connectivity index (χ4n) is 4.25. The molecule has 35 heavy (non-hydrogen) atoms. The first-order valence-electron chi connectivity index (χ1n) is 11.5. The molecule has 1 aliphatic rings. The van der Waals surface area contributed by atoms with Crippen molar-refractivity contribution in [2.45, 2.75) is 58.2 Å². The Kier molecular flexibility index (Phi) is 9.23. The van der Waals surface area contributed by atoms with Crippen molar-refractivity contribution in [3.8, 4) is 0 Å². The average molecular weight is 585 g/mol. The monoisotopic (exact) mass is 583 g/mol. The van der Waals surface area contributed by atoms with Crippen molar-refractivity contribution < 1.29 is 18.0 Å². The minimum Gasteiger partial charge on any atom is -0.352 e. The van der Waals surface area contributed by atoms with Crippen LogP contribution in [-0.4, -0.2) is 50.0 Å². The van der Waals surface area contributed by atoms with E-state index < -0.39 is 28.5 Å². The smallest absolute Gasteiger partial charge is 0.244 e. The molecule has 7 nitrogen and oxygen atoms in total. The van der Waals surface area contributed by atoms with Crippen LogP contribution in [0, 0.1) is 6.92 Å². The number of hydrogen-bond donors (Lipinski definition) is 1. The van der Waals surface area contributed by atoms with Gasteiger partial charge in [0.15, 0.2) is 0 Å². The van der Waals surface area contributed by atoms with Crippen LogP contribution in [-0.2, 0) is 26.2 Å². The Morgan fingerprint density at radius 2 is 1.77 bits per heavy atom. The second-order valence-corrected chi connectivity index (χ2v) is 12.3. The summed E-state index contributed by atoms with van der Waals surface area (Å²) in [4.78, 5) is 28.1. The SMILES string of the molecule is Cc1cc(Cl)ccc1N(CC(=O)N(Cc1ccc(Br)cc1)C(C)C(=O)NC1CCCC1)S(C)(=O)=O. The highest BCUT2D eigenvalue weighted by Gasteiger charge is 2.31. The fraction of sp³-hybridized carbons (Fsp3) is 0.440. The molecular formula is C25H31BrClN3O4S. The van der Waals surface area contributed by atoms with E-state index in [4.69, 9.17) is 11.6 Å². The number of nitrogens with one attached hydrogen (secondary N) is 1. The summed E-state index contributed by atoms with van der Waals surface area (Å²) in [6, 6.07) is 11.6. The van der Waals surface area contributed by atoms with Gasteiger partial charge in [-0.05, 0) is 68.1 Å². The third-order valence-corrected chi connectivity index (χ3v) is 8.13. The van der Waals surface area contributed by atoms with Crippen molar-refractivity contribution in [3.63, 3.8) is 0 Å². The zero-order chi connectivity index (χ0) is 25.8. The Morgan fingerprint density at radius 3 is 2.34 bits per heavy atom. The molecule has 2 aromatic carbocycles. The molecule has 1 atom stereocenters. The maximum absolute atomic E-state index is 13.6. The molecule has 2 aromatic rings. The molecule has 10 heteroatoms. The zero-order valence-corrected chi connectivity index (χ0v) is 23.3. The summed E-state index contributed by atoms with van der Waals surface area (Å²) in [7, 11) is -3.79. The van der Waals surface area contributed by atoms with Gasteiger partial charge in [-0.1, -0.05) is 52.5 Å². The highest BCUT2D eigenvalue weighted by Crippen LogP contribution is 2.26. The molecule has 0 bridgehead atoms. The molecule has 1 N–H and O–H groups in total. The van der Waals surface area contributed by atoms with Crippen LogP contribution >= 0.6 is 27.5 Å². The van der Waals surface area contributed by atoms with Crippen molar-refractivity contribution in [2.24, 2.45) is 0 Å². The highest BCUT2D eigenvalue weighted by atomic mass is 79.9. The molecule has 1 unspecified atom stereocenters. The number of carbonyl (C=O) groups is 2. The van der Waals surface area contributed by atoms with Gasteiger partial charge < -0.3 is 10.2 Å². The highest BCUT2D eigenvalue weighted by molar-refractivity contribution is 9.10. The van der Waals surface area contributed by atoms with Gasteiger partial charge in [-0.25, -0.2) is 8.42 Å². The number of rotatable bonds is 9. The van der Waals surface area contributed by atoms with E-state index in [-0.39, 0.29) is 18.5 Å². The van der Waals surface area contributed by atoms with E-state index in [9.17, 15) is 18.0 Å². The zero-order valence-electron chi connectivity index (χ0n) is 20.1. The molecule has 190 valence electrons. The van der Waals surface area contributed by atoms with Gasteiger partial charge >= 0.3 is 0 Å². The van der Waals surface area contributed by atoms with Gasteiger partial charge in [-0.15, -0.1) is 0 Å². The van der Waals surface area contributed by atoms with E-state index in [1.807, 2.05) is 24.3 Å². The molecule has 0 radical (unpaired) electrons. The Hall–Kier alpha value is -2.10. The first kappa shape index (κ1) is 27.5. The predicted molar refractivity (Wildman–Crippen MR) is 143 cm³/mol. The molecule has 0 aliphatic heterocycles. The van der Waals surface area contributed by atoms with Gasteiger partial charge in [0.25, 0.3) is 0 Å². The molecular weight excluding hydrogens is 554 g/mol. The third kappa shape index (κ3) is 7.44. The first-order chi connectivity index (χ1) is 16.5. The van der Waals surface area contributed by atoms with Gasteiger partial charge in [0.05, 0.1) is 11.9 Å². The van der Waals surface area contributed by atoms with Crippen molar-refractivity contribution in [1.82, 2.24) is 10.2 Å². The van der Waals surface area contributed by atoms with Crippen LogP contribution in [0.5, 0.6) is 0 Å². The molecule has 1 saturated carbocycles. The number of anilines is 1. The van der Waals surface area contributed by atoms with Crippen LogP contribution in [0.1, 0.15) is 43.7 Å². The minimum absolute atomic E-state index is 0.110. The predicted octanol–water partition coefficient (Wildman–Crippen LogP) is 4.65. The molecule has 0 heterocycles. The van der Waals surface area contributed by atoms with Crippen molar-refractivity contribution in [1.29, 1.82) is 0 Å². The van der Waals surface area contributed by atoms with Gasteiger partial charge in [0.1, 0.15) is 12.6 Å². The van der Waals surface area contributed by atoms with Gasteiger partial charge in [0, 0.05) is 22.1 Å². The molecule has 0 spiro atoms. The number of amides is 2. The van der Waals surface area contributed by atoms with Crippen LogP contribution in [0.3, 0.4) is 0 Å². The second kappa shape index (κ2) is 11.8. The normalized spacial score (nSPS) is 15.0. The number of benzene rings is 2. The van der Waals surface area contributed by atoms with Crippen LogP contribution in [0.4, 0.5) is 5.69 Å². The molecule has 0 saturated heterocycles. The number of aryl methyl sites for hydroxylation is 1. The van der Waals surface area contributed by atoms with Gasteiger partial charge in [-0.3, -0.25) is 13.9 Å². The Balaban J connectivity index is 1.89. The maximum Gasteiger partial charge on any atom is 0.244 e. The lowest BCUT2D eigenvalue weighted by atomic mass is 10.1. The van der Waals surface area contributed by atoms with Crippen molar-refractivity contribution in [2.75, 3.05) is 17.1 Å². The number of sulfonamides is 1. The lowest BCUT2D eigenvalue weighted by Crippen LogP contribution is -2.52. The van der Waals surface area contributed by atoms with Crippen molar-refractivity contribution in [3.05, 3.63) is 63.1 Å². The van der Waals surface area contributed by atoms with E-state index in [0.29, 0.717) is 16.3 Å². The summed E-state index contributed by atoms with van der Waals surface area (Å²) in [6.07, 6.45) is 5.06. The molecule has 3 rings (SSSR count). The number of halogens is 2. The summed E-state index contributed by atoms with van der Waals surface area (Å²) in [5.41, 5.74) is 1.83. The first-order valence-corrected chi connectivity index (χ1v) is 14.6. The summed E-state index contributed by atoms with van der Waals surface area (Å²) in [5.74, 6) is -0.710. The summed E-state index contributed by atoms with van der Waals surface area (Å²) in [6.45, 7) is 3.15. The number of hydrogen-bond acceptors (Lipinski definition) is 4. The summed E-state index contributed by atoms with van der Waals surface area (Å²) >= 11 is 9.46. The van der Waals surface area contributed by atoms with E-state index in [0.717, 1.165) is 46.3 Å². The average Bonchev–Trinajstić information content (AvgIpc) is 3.29. The summed E-state index contributed by atoms with van der Waals surface area (Å²) in [5, 5.41) is 3.52. The topological polar surface area (TPSA) is 86.8 Å². The lowest BCUT2D eigenvalue weighted by molar-refractivity contribution is -0.139. The standard InChI is InChI=1S/C25H31BrClN3O4S/c1-17-14-21(27)12-13-23(17)30(35(3,33)34)16-24(31)29(15-19-8-10-20(26)11-9-19)18(2)25(32)28-22-6-4-5-7-22/h8-14,18,22H,4-7,15-16H2,1-3H3,(H,28,32). The molecule has 2 amide bonds. The molecule has 1 aliphatic carbocycles. The minimum atomic E-state index is -3.79. The van der Waals surface area contributed by atoms with Crippen LogP contribution < -0.4 is 9.62 Å². The van der Waals surface area contributed by atoms with Gasteiger partial charge in [-0.2, -0.15) is 0 Å². The van der Waals surface area contributed by atoms with E-state index in [2.05, 4.69) is 21.2 Å². The van der Waals surface area contributed by atoms with E-state index >= 15 is 0 Å². The second-order valence-electron chi connectivity index (χ2n) is 9.01. The molecule has 1 fully saturated rings. The van der Waals surface area contributed by atoms with E-state index in [1.54, 1.807) is 32.0 Å². The maximum atomic E-state index is 13.6. The largest absolute Gasteiger partial charge is 0.352 e. The van der Waals surface area contributed by atoms with Crippen LogP contribution in [0.2, 0.25) is 5.02 Å². The Morgan fingerprint density at radius 1 is 1.14 bits per heavy atom. The Bertz CT molecular complexity index is 1170. The quantitative estimate of drug-likeness (QED) is 0.465. The number of nitrogens with zero attached hydrogens (tertiary/aromatic N) is 2. The van der Waals surface area contributed by atoms with Crippen LogP contribution in [0.15, 0.2) is 46.9 Å². The third-order valence-electron chi connectivity index (χ3n) is 6.24.